The summed E-state index contributed by atoms with van der Waals surface area (Å²) in [7, 11) is 1.42. The molecule has 0 bridgehead atoms. The fourth-order valence-electron chi connectivity index (χ4n) is 1.88. The van der Waals surface area contributed by atoms with E-state index in [1.807, 2.05) is 0 Å². The van der Waals surface area contributed by atoms with Crippen molar-refractivity contribution in [1.29, 1.82) is 0 Å². The molecule has 2 aromatic rings. The molecule has 0 heterocycles. The number of benzene rings is 2. The number of ether oxygens (including phenoxy) is 1. The quantitative estimate of drug-likeness (QED) is 0.501. The first kappa shape index (κ1) is 17.3. The van der Waals surface area contributed by atoms with Gasteiger partial charge in [0.2, 0.25) is 0 Å². The zero-order chi connectivity index (χ0) is 17.7. The Balaban J connectivity index is 2.12. The van der Waals surface area contributed by atoms with Gasteiger partial charge >= 0.3 is 0 Å². The Kier molecular flexibility index (Phi) is 5.38. The van der Waals surface area contributed by atoms with Crippen LogP contribution in [0.2, 0.25) is 0 Å². The van der Waals surface area contributed by atoms with Crippen LogP contribution in [-0.2, 0) is 0 Å². The molecule has 0 atom stereocenters. The molecule has 2 aromatic carbocycles. The number of nitro benzene ring substituents is 1. The van der Waals surface area contributed by atoms with Gasteiger partial charge in [0, 0.05) is 12.1 Å². The third kappa shape index (κ3) is 4.02. The van der Waals surface area contributed by atoms with Gasteiger partial charge in [-0.05, 0) is 30.4 Å². The number of rotatable bonds is 4. The lowest BCUT2D eigenvalue weighted by molar-refractivity contribution is -0.384. The van der Waals surface area contributed by atoms with E-state index in [-0.39, 0.29) is 22.1 Å². The SMILES string of the molecule is COc1ccccc1C(=O)NC(=S)Nc1cc([N+](=O)[O-])ccc1F. The first-order valence-corrected chi connectivity index (χ1v) is 7.02. The largest absolute Gasteiger partial charge is 0.496 e. The van der Waals surface area contributed by atoms with Gasteiger partial charge < -0.3 is 10.1 Å². The van der Waals surface area contributed by atoms with Crippen molar-refractivity contribution < 1.29 is 18.8 Å². The number of halogens is 1. The van der Waals surface area contributed by atoms with Crippen LogP contribution in [0.25, 0.3) is 0 Å². The van der Waals surface area contributed by atoms with Crippen LogP contribution in [0.15, 0.2) is 42.5 Å². The zero-order valence-corrected chi connectivity index (χ0v) is 13.2. The Hall–Kier alpha value is -3.07. The molecule has 124 valence electrons. The number of methoxy groups -OCH3 is 1. The molecule has 24 heavy (non-hydrogen) atoms. The van der Waals surface area contributed by atoms with Crippen LogP contribution < -0.4 is 15.4 Å². The number of nitrogens with zero attached hydrogens (tertiary/aromatic N) is 1. The molecule has 0 aliphatic carbocycles. The van der Waals surface area contributed by atoms with Crippen LogP contribution in [0, 0.1) is 15.9 Å². The molecule has 1 amide bonds. The van der Waals surface area contributed by atoms with Crippen LogP contribution in [0.3, 0.4) is 0 Å². The average molecular weight is 349 g/mol. The third-order valence-corrected chi connectivity index (χ3v) is 3.19. The van der Waals surface area contributed by atoms with Gasteiger partial charge in [0.1, 0.15) is 11.6 Å². The summed E-state index contributed by atoms with van der Waals surface area (Å²) in [6.45, 7) is 0. The molecule has 0 unspecified atom stereocenters. The number of non-ortho nitro benzene ring substituents is 1. The van der Waals surface area contributed by atoms with Gasteiger partial charge in [-0.15, -0.1) is 0 Å². The van der Waals surface area contributed by atoms with E-state index < -0.39 is 16.6 Å². The first-order chi connectivity index (χ1) is 11.4. The van der Waals surface area contributed by atoms with Crippen LogP contribution in [0.5, 0.6) is 5.75 Å². The number of carbonyl (C=O) groups is 1. The Morgan fingerprint density at radius 2 is 2.00 bits per heavy atom. The minimum atomic E-state index is -0.741. The van der Waals surface area contributed by atoms with E-state index in [1.165, 1.54) is 13.2 Å². The molecule has 0 spiro atoms. The minimum absolute atomic E-state index is 0.203. The smallest absolute Gasteiger partial charge is 0.271 e. The number of thiocarbonyl (C=S) groups is 1. The van der Waals surface area contributed by atoms with Gasteiger partial charge in [-0.2, -0.15) is 0 Å². The van der Waals surface area contributed by atoms with E-state index in [0.29, 0.717) is 5.75 Å². The van der Waals surface area contributed by atoms with Crippen molar-refractivity contribution in [3.05, 3.63) is 64.0 Å². The maximum Gasteiger partial charge on any atom is 0.271 e. The number of carbonyl (C=O) groups excluding carboxylic acids is 1. The number of amides is 1. The lowest BCUT2D eigenvalue weighted by atomic mass is 10.2. The van der Waals surface area contributed by atoms with Gasteiger partial charge in [0.05, 0.1) is 23.3 Å². The van der Waals surface area contributed by atoms with E-state index in [9.17, 15) is 19.3 Å². The van der Waals surface area contributed by atoms with E-state index in [0.717, 1.165) is 18.2 Å². The van der Waals surface area contributed by atoms with Crippen molar-refractivity contribution in [2.45, 2.75) is 0 Å². The summed E-state index contributed by atoms with van der Waals surface area (Å²) in [6.07, 6.45) is 0. The predicted molar refractivity (Wildman–Crippen MR) is 89.7 cm³/mol. The van der Waals surface area contributed by atoms with E-state index >= 15 is 0 Å². The minimum Gasteiger partial charge on any atom is -0.496 e. The molecule has 0 aliphatic heterocycles. The van der Waals surface area contributed by atoms with Crippen LogP contribution in [0.4, 0.5) is 15.8 Å². The topological polar surface area (TPSA) is 93.5 Å². The summed E-state index contributed by atoms with van der Waals surface area (Å²) in [5, 5.41) is 15.3. The third-order valence-electron chi connectivity index (χ3n) is 2.99. The van der Waals surface area contributed by atoms with Crippen molar-refractivity contribution in [2.24, 2.45) is 0 Å². The number of para-hydroxylation sites is 1. The highest BCUT2D eigenvalue weighted by atomic mass is 32.1. The highest BCUT2D eigenvalue weighted by molar-refractivity contribution is 7.80. The molecule has 2 N–H and O–H groups in total. The summed E-state index contributed by atoms with van der Waals surface area (Å²) in [4.78, 5) is 22.2. The van der Waals surface area contributed by atoms with E-state index in [1.54, 1.807) is 18.2 Å². The maximum atomic E-state index is 13.7. The van der Waals surface area contributed by atoms with Gasteiger partial charge in [-0.25, -0.2) is 4.39 Å². The lowest BCUT2D eigenvalue weighted by Gasteiger charge is -2.12. The molecule has 0 saturated carbocycles. The van der Waals surface area contributed by atoms with Crippen LogP contribution in [-0.4, -0.2) is 23.1 Å². The number of nitrogens with one attached hydrogen (secondary N) is 2. The summed E-state index contributed by atoms with van der Waals surface area (Å²) in [5.74, 6) is -0.954. The standard InChI is InChI=1S/C15H12FN3O4S/c1-23-13-5-3-2-4-10(13)14(20)18-15(24)17-12-8-9(19(21)22)6-7-11(12)16/h2-8H,1H3,(H2,17,18,20,24). The summed E-state index contributed by atoms with van der Waals surface area (Å²) in [5.41, 5.74) is -0.282. The van der Waals surface area contributed by atoms with Gasteiger partial charge in [-0.3, -0.25) is 20.2 Å². The van der Waals surface area contributed by atoms with Crippen molar-refractivity contribution in [1.82, 2.24) is 5.32 Å². The number of nitro groups is 1. The monoisotopic (exact) mass is 349 g/mol. The first-order valence-electron chi connectivity index (χ1n) is 6.61. The fraction of sp³-hybridized carbons (Fsp3) is 0.0667. The second-order valence-electron chi connectivity index (χ2n) is 4.53. The summed E-state index contributed by atoms with van der Waals surface area (Å²) >= 11 is 4.94. The van der Waals surface area contributed by atoms with Crippen LogP contribution in [0.1, 0.15) is 10.4 Å². The molecular weight excluding hydrogens is 337 g/mol. The van der Waals surface area contributed by atoms with E-state index in [2.05, 4.69) is 10.6 Å². The van der Waals surface area contributed by atoms with Gasteiger partial charge in [0.25, 0.3) is 11.6 Å². The number of hydrogen-bond donors (Lipinski definition) is 2. The van der Waals surface area contributed by atoms with Crippen molar-refractivity contribution in [2.75, 3.05) is 12.4 Å². The van der Waals surface area contributed by atoms with Gasteiger partial charge in [-0.1, -0.05) is 12.1 Å². The number of anilines is 1. The molecule has 0 aromatic heterocycles. The molecule has 0 saturated heterocycles. The highest BCUT2D eigenvalue weighted by Crippen LogP contribution is 2.21. The van der Waals surface area contributed by atoms with Crippen LogP contribution >= 0.6 is 12.2 Å². The van der Waals surface area contributed by atoms with Crippen molar-refractivity contribution in [3.63, 3.8) is 0 Å². The Labute approximate surface area is 141 Å². The average Bonchev–Trinajstić information content (AvgIpc) is 2.56. The number of hydrogen-bond acceptors (Lipinski definition) is 5. The van der Waals surface area contributed by atoms with Crippen molar-refractivity contribution in [3.8, 4) is 5.75 Å². The highest BCUT2D eigenvalue weighted by Gasteiger charge is 2.15. The summed E-state index contributed by atoms with van der Waals surface area (Å²) < 4.78 is 18.8. The lowest BCUT2D eigenvalue weighted by Crippen LogP contribution is -2.34. The Bertz CT molecular complexity index is 813. The Morgan fingerprint density at radius 1 is 1.29 bits per heavy atom. The Morgan fingerprint density at radius 3 is 2.67 bits per heavy atom. The normalized spacial score (nSPS) is 9.92. The molecule has 2 rings (SSSR count). The maximum absolute atomic E-state index is 13.7. The molecule has 7 nitrogen and oxygen atoms in total. The second-order valence-corrected chi connectivity index (χ2v) is 4.94. The summed E-state index contributed by atoms with van der Waals surface area (Å²) in [6, 6.07) is 9.42. The molecule has 0 aliphatic rings. The molecule has 0 radical (unpaired) electrons. The van der Waals surface area contributed by atoms with Crippen molar-refractivity contribution >= 4 is 34.6 Å². The molecular formula is C15H12FN3O4S. The van der Waals surface area contributed by atoms with E-state index in [4.69, 9.17) is 17.0 Å². The second kappa shape index (κ2) is 7.47. The predicted octanol–water partition coefficient (Wildman–Crippen LogP) is 2.87. The molecule has 0 fully saturated rings. The van der Waals surface area contributed by atoms with Gasteiger partial charge in [0.15, 0.2) is 5.11 Å². The fourth-order valence-corrected chi connectivity index (χ4v) is 2.08. The zero-order valence-electron chi connectivity index (χ0n) is 12.4. The molecule has 9 heteroatoms.